The molecule has 8 heteroatoms. The van der Waals surface area contributed by atoms with Gasteiger partial charge in [-0.1, -0.05) is 32.0 Å². The SMILES string of the molecule is COC(=O)C1=C(C)NC(C)=C(C(=O)OCC(C)C)C1c1cccc(C(F)(F)F)c1. The lowest BCUT2D eigenvalue weighted by molar-refractivity contribution is -0.140. The highest BCUT2D eigenvalue weighted by atomic mass is 19.4. The van der Waals surface area contributed by atoms with Gasteiger partial charge in [-0.2, -0.15) is 13.2 Å². The van der Waals surface area contributed by atoms with E-state index in [0.29, 0.717) is 11.4 Å². The van der Waals surface area contributed by atoms with E-state index in [4.69, 9.17) is 9.47 Å². The first-order valence-corrected chi connectivity index (χ1v) is 9.08. The number of nitrogens with one attached hydrogen (secondary N) is 1. The Morgan fingerprint density at radius 2 is 1.69 bits per heavy atom. The lowest BCUT2D eigenvalue weighted by atomic mass is 9.80. The Balaban J connectivity index is 2.65. The van der Waals surface area contributed by atoms with Crippen LogP contribution < -0.4 is 5.32 Å². The first-order valence-electron chi connectivity index (χ1n) is 9.08. The van der Waals surface area contributed by atoms with Gasteiger partial charge in [0.25, 0.3) is 0 Å². The first-order chi connectivity index (χ1) is 13.5. The van der Waals surface area contributed by atoms with Gasteiger partial charge in [0.2, 0.25) is 0 Å². The lowest BCUT2D eigenvalue weighted by Crippen LogP contribution is -2.32. The number of rotatable bonds is 5. The van der Waals surface area contributed by atoms with E-state index >= 15 is 0 Å². The molecule has 5 nitrogen and oxygen atoms in total. The van der Waals surface area contributed by atoms with E-state index < -0.39 is 29.6 Å². The number of hydrogen-bond donors (Lipinski definition) is 1. The van der Waals surface area contributed by atoms with Gasteiger partial charge >= 0.3 is 18.1 Å². The van der Waals surface area contributed by atoms with Crippen LogP contribution in [0.5, 0.6) is 0 Å². The molecule has 1 aromatic rings. The molecule has 1 aromatic carbocycles. The Morgan fingerprint density at radius 3 is 2.21 bits per heavy atom. The van der Waals surface area contributed by atoms with Gasteiger partial charge in [-0.15, -0.1) is 0 Å². The molecule has 1 aliphatic heterocycles. The van der Waals surface area contributed by atoms with Crippen molar-refractivity contribution in [1.29, 1.82) is 0 Å². The third kappa shape index (κ3) is 4.99. The van der Waals surface area contributed by atoms with E-state index in [1.807, 2.05) is 13.8 Å². The molecule has 0 bridgehead atoms. The van der Waals surface area contributed by atoms with Crippen LogP contribution in [0.25, 0.3) is 0 Å². The normalized spacial score (nSPS) is 17.3. The molecule has 1 atom stereocenters. The number of hydrogen-bond acceptors (Lipinski definition) is 5. The van der Waals surface area contributed by atoms with Crippen molar-refractivity contribution in [2.75, 3.05) is 13.7 Å². The number of halogens is 3. The van der Waals surface area contributed by atoms with Crippen LogP contribution in [0.15, 0.2) is 46.8 Å². The Kier molecular flexibility index (Phi) is 6.77. The highest BCUT2D eigenvalue weighted by Gasteiger charge is 2.39. The predicted molar refractivity (Wildman–Crippen MR) is 101 cm³/mol. The number of methoxy groups -OCH3 is 1. The summed E-state index contributed by atoms with van der Waals surface area (Å²) in [6, 6.07) is 4.57. The van der Waals surface area contributed by atoms with Crippen LogP contribution in [-0.4, -0.2) is 25.7 Å². The second kappa shape index (κ2) is 8.71. The summed E-state index contributed by atoms with van der Waals surface area (Å²) >= 11 is 0. The summed E-state index contributed by atoms with van der Waals surface area (Å²) in [4.78, 5) is 25.3. The molecule has 0 aromatic heterocycles. The molecule has 1 unspecified atom stereocenters. The number of carbonyl (C=O) groups is 2. The van der Waals surface area contributed by atoms with E-state index in [1.54, 1.807) is 13.8 Å². The lowest BCUT2D eigenvalue weighted by Gasteiger charge is -2.30. The molecule has 1 N–H and O–H groups in total. The van der Waals surface area contributed by atoms with Crippen LogP contribution in [0.3, 0.4) is 0 Å². The molecule has 158 valence electrons. The van der Waals surface area contributed by atoms with Crippen molar-refractivity contribution >= 4 is 11.9 Å². The quantitative estimate of drug-likeness (QED) is 0.732. The van der Waals surface area contributed by atoms with E-state index in [2.05, 4.69) is 5.32 Å². The topological polar surface area (TPSA) is 64.6 Å². The second-order valence-electron chi connectivity index (χ2n) is 7.24. The molecule has 0 amide bonds. The summed E-state index contributed by atoms with van der Waals surface area (Å²) in [6.45, 7) is 7.08. The van der Waals surface area contributed by atoms with Gasteiger partial charge in [-0.3, -0.25) is 0 Å². The number of dihydropyridines is 1. The first kappa shape index (κ1) is 22.5. The zero-order chi connectivity index (χ0) is 21.9. The average molecular weight is 411 g/mol. The number of carbonyl (C=O) groups excluding carboxylic acids is 2. The average Bonchev–Trinajstić information content (AvgIpc) is 2.64. The van der Waals surface area contributed by atoms with Gasteiger partial charge in [-0.05, 0) is 31.4 Å². The summed E-state index contributed by atoms with van der Waals surface area (Å²) in [5.74, 6) is -2.41. The van der Waals surface area contributed by atoms with Crippen molar-refractivity contribution < 1.29 is 32.2 Å². The fourth-order valence-corrected chi connectivity index (χ4v) is 3.19. The fraction of sp³-hybridized carbons (Fsp3) is 0.429. The number of ether oxygens (including phenoxy) is 2. The monoisotopic (exact) mass is 411 g/mol. The van der Waals surface area contributed by atoms with Crippen molar-refractivity contribution in [3.8, 4) is 0 Å². The molecule has 29 heavy (non-hydrogen) atoms. The van der Waals surface area contributed by atoms with E-state index in [9.17, 15) is 22.8 Å². The van der Waals surface area contributed by atoms with Gasteiger partial charge in [0, 0.05) is 11.4 Å². The van der Waals surface area contributed by atoms with E-state index in [1.165, 1.54) is 19.2 Å². The minimum absolute atomic E-state index is 0.0638. The Hall–Kier alpha value is -2.77. The summed E-state index contributed by atoms with van der Waals surface area (Å²) < 4.78 is 49.9. The summed E-state index contributed by atoms with van der Waals surface area (Å²) in [7, 11) is 1.17. The Labute approximate surface area is 167 Å². The summed E-state index contributed by atoms with van der Waals surface area (Å²) in [5.41, 5.74) is 0.230. The molecule has 0 aliphatic carbocycles. The molecular formula is C21H24F3NO4. The van der Waals surface area contributed by atoms with Gasteiger partial charge in [-0.25, -0.2) is 9.59 Å². The molecule has 1 heterocycles. The number of benzene rings is 1. The Bertz CT molecular complexity index is 869. The zero-order valence-corrected chi connectivity index (χ0v) is 16.9. The van der Waals surface area contributed by atoms with Crippen LogP contribution >= 0.6 is 0 Å². The minimum Gasteiger partial charge on any atom is -0.466 e. The standard InChI is InChI=1S/C21H24F3NO4/c1-11(2)10-29-20(27)17-13(4)25-12(3)16(19(26)28-5)18(17)14-7-6-8-15(9-14)21(22,23)24/h6-9,11,18,25H,10H2,1-5H3. The maximum absolute atomic E-state index is 13.3. The van der Waals surface area contributed by atoms with Crippen LogP contribution in [0.1, 0.15) is 44.7 Å². The molecule has 0 spiro atoms. The smallest absolute Gasteiger partial charge is 0.416 e. The summed E-state index contributed by atoms with van der Waals surface area (Å²) in [5, 5.41) is 2.94. The highest BCUT2D eigenvalue weighted by Crippen LogP contribution is 2.41. The molecule has 0 saturated heterocycles. The molecule has 0 radical (unpaired) electrons. The number of esters is 2. The molecular weight excluding hydrogens is 387 g/mol. The van der Waals surface area contributed by atoms with Crippen LogP contribution in [0.2, 0.25) is 0 Å². The third-order valence-corrected chi connectivity index (χ3v) is 4.48. The van der Waals surface area contributed by atoms with Crippen molar-refractivity contribution in [3.63, 3.8) is 0 Å². The van der Waals surface area contributed by atoms with Crippen molar-refractivity contribution in [2.45, 2.75) is 39.8 Å². The number of allylic oxidation sites excluding steroid dienone is 2. The van der Waals surface area contributed by atoms with Crippen LogP contribution in [0.4, 0.5) is 13.2 Å². The molecule has 0 saturated carbocycles. The maximum Gasteiger partial charge on any atom is 0.416 e. The van der Waals surface area contributed by atoms with Crippen molar-refractivity contribution in [1.82, 2.24) is 5.32 Å². The van der Waals surface area contributed by atoms with Crippen LogP contribution in [-0.2, 0) is 25.2 Å². The predicted octanol–water partition coefficient (Wildman–Crippen LogP) is 4.31. The summed E-state index contributed by atoms with van der Waals surface area (Å²) in [6.07, 6.45) is -4.57. The van der Waals surface area contributed by atoms with Crippen LogP contribution in [0, 0.1) is 5.92 Å². The second-order valence-corrected chi connectivity index (χ2v) is 7.24. The van der Waals surface area contributed by atoms with Gasteiger partial charge < -0.3 is 14.8 Å². The molecule has 2 rings (SSSR count). The van der Waals surface area contributed by atoms with Crippen molar-refractivity contribution in [2.24, 2.45) is 5.92 Å². The van der Waals surface area contributed by atoms with Crippen molar-refractivity contribution in [3.05, 3.63) is 57.9 Å². The highest BCUT2D eigenvalue weighted by molar-refractivity contribution is 5.99. The van der Waals surface area contributed by atoms with E-state index in [-0.39, 0.29) is 29.2 Å². The molecule has 0 fully saturated rings. The fourth-order valence-electron chi connectivity index (χ4n) is 3.19. The van der Waals surface area contributed by atoms with Gasteiger partial charge in [0.1, 0.15) is 0 Å². The Morgan fingerprint density at radius 1 is 1.10 bits per heavy atom. The largest absolute Gasteiger partial charge is 0.466 e. The molecule has 1 aliphatic rings. The zero-order valence-electron chi connectivity index (χ0n) is 16.9. The number of alkyl halides is 3. The minimum atomic E-state index is -4.57. The van der Waals surface area contributed by atoms with Gasteiger partial charge in [0.15, 0.2) is 0 Å². The maximum atomic E-state index is 13.3. The van der Waals surface area contributed by atoms with E-state index in [0.717, 1.165) is 12.1 Å². The van der Waals surface area contributed by atoms with Gasteiger partial charge in [0.05, 0.1) is 36.3 Å². The third-order valence-electron chi connectivity index (χ3n) is 4.48.